The molecule has 3 rings (SSSR count). The number of nitrogens with zero attached hydrogens (tertiary/aromatic N) is 2. The number of aromatic nitrogens is 1. The number of hydrogen-bond donors (Lipinski definition) is 0. The van der Waals surface area contributed by atoms with Gasteiger partial charge in [-0.05, 0) is 43.3 Å². The van der Waals surface area contributed by atoms with E-state index >= 15 is 0 Å². The molecule has 136 valence electrons. The Hall–Kier alpha value is -1.89. The lowest BCUT2D eigenvalue weighted by molar-refractivity contribution is -0.129. The Morgan fingerprint density at radius 2 is 2.00 bits per heavy atom. The summed E-state index contributed by atoms with van der Waals surface area (Å²) in [4.78, 5) is 19.8. The number of likely N-dealkylation sites (N-methyl/N-ethyl adjacent to an activating group) is 1. The van der Waals surface area contributed by atoms with Gasteiger partial charge in [-0.1, -0.05) is 11.6 Å². The van der Waals surface area contributed by atoms with Crippen molar-refractivity contribution in [3.05, 3.63) is 56.7 Å². The first kappa shape index (κ1) is 18.9. The molecule has 2 heterocycles. The van der Waals surface area contributed by atoms with E-state index in [2.05, 4.69) is 4.98 Å². The van der Waals surface area contributed by atoms with Crippen molar-refractivity contribution in [2.75, 3.05) is 13.7 Å². The van der Waals surface area contributed by atoms with E-state index in [9.17, 15) is 4.79 Å². The van der Waals surface area contributed by atoms with Gasteiger partial charge in [0.15, 0.2) is 0 Å². The Morgan fingerprint density at radius 3 is 2.65 bits per heavy atom. The minimum absolute atomic E-state index is 0.0399. The van der Waals surface area contributed by atoms with Gasteiger partial charge in [-0.15, -0.1) is 22.7 Å². The maximum Gasteiger partial charge on any atom is 0.228 e. The summed E-state index contributed by atoms with van der Waals surface area (Å²) in [5.74, 6) is 0.886. The lowest BCUT2D eigenvalue weighted by Gasteiger charge is -2.15. The Kier molecular flexibility index (Phi) is 6.29. The van der Waals surface area contributed by atoms with Gasteiger partial charge in [-0.25, -0.2) is 4.98 Å². The van der Waals surface area contributed by atoms with E-state index in [1.165, 1.54) is 11.3 Å². The summed E-state index contributed by atoms with van der Waals surface area (Å²) in [6.45, 7) is 3.17. The molecule has 4 nitrogen and oxygen atoms in total. The molecule has 0 saturated carbocycles. The van der Waals surface area contributed by atoms with Gasteiger partial charge in [-0.3, -0.25) is 4.79 Å². The van der Waals surface area contributed by atoms with Crippen molar-refractivity contribution in [3.8, 4) is 16.3 Å². The molecule has 0 saturated heterocycles. The Labute approximate surface area is 166 Å². The van der Waals surface area contributed by atoms with E-state index in [1.807, 2.05) is 48.7 Å². The molecular formula is C19H19ClN2O2S2. The maximum absolute atomic E-state index is 12.4. The molecule has 26 heavy (non-hydrogen) atoms. The van der Waals surface area contributed by atoms with Crippen LogP contribution in [0.5, 0.6) is 5.75 Å². The van der Waals surface area contributed by atoms with E-state index < -0.39 is 0 Å². The lowest BCUT2D eigenvalue weighted by atomic mass is 10.2. The highest BCUT2D eigenvalue weighted by atomic mass is 35.5. The van der Waals surface area contributed by atoms with Crippen molar-refractivity contribution in [1.82, 2.24) is 9.88 Å². The maximum atomic E-state index is 12.4. The van der Waals surface area contributed by atoms with Crippen LogP contribution in [0.4, 0.5) is 0 Å². The fraction of sp³-hybridized carbons (Fsp3) is 0.263. The first-order valence-electron chi connectivity index (χ1n) is 8.21. The minimum atomic E-state index is 0.0399. The molecule has 0 spiro atoms. The molecule has 1 aromatic carbocycles. The summed E-state index contributed by atoms with van der Waals surface area (Å²) in [5.41, 5.74) is 1.82. The van der Waals surface area contributed by atoms with E-state index in [0.717, 1.165) is 31.2 Å². The normalized spacial score (nSPS) is 10.7. The largest absolute Gasteiger partial charge is 0.494 e. The first-order valence-corrected chi connectivity index (χ1v) is 10.3. The van der Waals surface area contributed by atoms with Crippen molar-refractivity contribution in [3.63, 3.8) is 0 Å². The average molecular weight is 407 g/mol. The van der Waals surface area contributed by atoms with Gasteiger partial charge < -0.3 is 9.64 Å². The Bertz CT molecular complexity index is 874. The van der Waals surface area contributed by atoms with Crippen LogP contribution < -0.4 is 4.74 Å². The third-order valence-corrected chi connectivity index (χ3v) is 5.90. The lowest BCUT2D eigenvalue weighted by Crippen LogP contribution is -2.27. The summed E-state index contributed by atoms with van der Waals surface area (Å²) in [5, 5.41) is 2.85. The highest BCUT2D eigenvalue weighted by Gasteiger charge is 2.14. The van der Waals surface area contributed by atoms with Gasteiger partial charge in [0, 0.05) is 22.9 Å². The summed E-state index contributed by atoms with van der Waals surface area (Å²) < 4.78 is 6.19. The Morgan fingerprint density at radius 1 is 1.23 bits per heavy atom. The number of carbonyl (C=O) groups excluding carboxylic acids is 1. The van der Waals surface area contributed by atoms with Gasteiger partial charge in [0.2, 0.25) is 5.91 Å². The first-order chi connectivity index (χ1) is 12.5. The number of ether oxygens (including phenoxy) is 1. The van der Waals surface area contributed by atoms with Crippen LogP contribution >= 0.6 is 34.3 Å². The average Bonchev–Trinajstić information content (AvgIpc) is 3.25. The predicted molar refractivity (Wildman–Crippen MR) is 108 cm³/mol. The smallest absolute Gasteiger partial charge is 0.228 e. The molecule has 1 amide bonds. The van der Waals surface area contributed by atoms with Crippen LogP contribution in [0.1, 0.15) is 17.5 Å². The quantitative estimate of drug-likeness (QED) is 0.546. The molecule has 0 aliphatic heterocycles. The van der Waals surface area contributed by atoms with Gasteiger partial charge in [-0.2, -0.15) is 0 Å². The molecule has 0 atom stereocenters. The zero-order valence-corrected chi connectivity index (χ0v) is 17.0. The van der Waals surface area contributed by atoms with Crippen LogP contribution in [0.2, 0.25) is 4.34 Å². The molecule has 0 aliphatic rings. The summed E-state index contributed by atoms with van der Waals surface area (Å²) in [6, 6.07) is 11.6. The number of benzene rings is 1. The molecule has 0 aliphatic carbocycles. The predicted octanol–water partition coefficient (Wildman–Crippen LogP) is 5.12. The highest BCUT2D eigenvalue weighted by Crippen LogP contribution is 2.26. The summed E-state index contributed by atoms with van der Waals surface area (Å²) in [7, 11) is 1.80. The molecule has 0 radical (unpaired) electrons. The van der Waals surface area contributed by atoms with E-state index in [4.69, 9.17) is 16.3 Å². The number of amides is 1. The van der Waals surface area contributed by atoms with Crippen LogP contribution in [0.25, 0.3) is 10.6 Å². The van der Waals surface area contributed by atoms with Crippen molar-refractivity contribution in [2.24, 2.45) is 0 Å². The summed E-state index contributed by atoms with van der Waals surface area (Å²) in [6.07, 6.45) is 0.295. The van der Waals surface area contributed by atoms with Crippen LogP contribution in [-0.2, 0) is 17.8 Å². The third kappa shape index (κ3) is 4.84. The number of halogens is 1. The molecule has 0 N–H and O–H groups in total. The van der Waals surface area contributed by atoms with Crippen molar-refractivity contribution >= 4 is 40.2 Å². The molecule has 3 aromatic rings. The van der Waals surface area contributed by atoms with E-state index in [1.54, 1.807) is 23.3 Å². The zero-order valence-electron chi connectivity index (χ0n) is 14.6. The van der Waals surface area contributed by atoms with Crippen molar-refractivity contribution in [1.29, 1.82) is 0 Å². The molecular weight excluding hydrogens is 388 g/mol. The van der Waals surface area contributed by atoms with Gasteiger partial charge in [0.1, 0.15) is 10.8 Å². The second-order valence-electron chi connectivity index (χ2n) is 5.73. The molecule has 2 aromatic heterocycles. The number of thiazole rings is 1. The minimum Gasteiger partial charge on any atom is -0.494 e. The monoisotopic (exact) mass is 406 g/mol. The standard InChI is InChI=1S/C19H19ClN2O2S2/c1-3-24-15-6-4-13(5-7-15)19-21-14(12-25-19)10-18(23)22(2)11-16-8-9-17(20)26-16/h4-9,12H,3,10-11H2,1-2H3. The molecule has 0 unspecified atom stereocenters. The number of hydrogen-bond acceptors (Lipinski definition) is 5. The van der Waals surface area contributed by atoms with Crippen LogP contribution in [0, 0.1) is 0 Å². The van der Waals surface area contributed by atoms with Crippen LogP contribution in [0.3, 0.4) is 0 Å². The second-order valence-corrected chi connectivity index (χ2v) is 8.39. The second kappa shape index (κ2) is 8.66. The van der Waals surface area contributed by atoms with Crippen molar-refractivity contribution in [2.45, 2.75) is 19.9 Å². The van der Waals surface area contributed by atoms with E-state index in [-0.39, 0.29) is 5.91 Å². The molecule has 0 fully saturated rings. The molecule has 7 heteroatoms. The van der Waals surface area contributed by atoms with E-state index in [0.29, 0.717) is 19.6 Å². The number of rotatable bonds is 7. The fourth-order valence-electron chi connectivity index (χ4n) is 2.43. The number of carbonyl (C=O) groups is 1. The van der Waals surface area contributed by atoms with Crippen LogP contribution in [-0.4, -0.2) is 29.4 Å². The Balaban J connectivity index is 1.61. The van der Waals surface area contributed by atoms with Crippen molar-refractivity contribution < 1.29 is 9.53 Å². The topological polar surface area (TPSA) is 42.4 Å². The molecule has 0 bridgehead atoms. The summed E-state index contributed by atoms with van der Waals surface area (Å²) >= 11 is 8.98. The van der Waals surface area contributed by atoms with Gasteiger partial charge in [0.05, 0.1) is 29.6 Å². The SMILES string of the molecule is CCOc1ccc(-c2nc(CC(=O)N(C)Cc3ccc(Cl)s3)cs2)cc1. The number of thiophene rings is 1. The van der Waals surface area contributed by atoms with Gasteiger partial charge in [0.25, 0.3) is 0 Å². The third-order valence-electron chi connectivity index (χ3n) is 3.74. The van der Waals surface area contributed by atoms with Gasteiger partial charge >= 0.3 is 0 Å². The van der Waals surface area contributed by atoms with Crippen LogP contribution in [0.15, 0.2) is 41.8 Å². The fourth-order valence-corrected chi connectivity index (χ4v) is 4.40. The highest BCUT2D eigenvalue weighted by molar-refractivity contribution is 7.16. The zero-order chi connectivity index (χ0) is 18.5.